The van der Waals surface area contributed by atoms with Gasteiger partial charge in [-0.05, 0) is 31.2 Å². The largest absolute Gasteiger partial charge is 0.381 e. The van der Waals surface area contributed by atoms with Crippen molar-refractivity contribution in [2.24, 2.45) is 0 Å². The summed E-state index contributed by atoms with van der Waals surface area (Å²) in [7, 11) is 0. The molecule has 0 amide bonds. The van der Waals surface area contributed by atoms with Gasteiger partial charge in [0.25, 0.3) is 0 Å². The Bertz CT molecular complexity index is 850. The predicted molar refractivity (Wildman–Crippen MR) is 80.7 cm³/mol. The van der Waals surface area contributed by atoms with Crippen LogP contribution in [-0.4, -0.2) is 22.8 Å². The second kappa shape index (κ2) is 6.14. The molecule has 0 bridgehead atoms. The number of benzene rings is 1. The molecule has 2 heterocycles. The number of epoxide rings is 1. The number of hydrogen-bond donors (Lipinski definition) is 1. The van der Waals surface area contributed by atoms with Crippen LogP contribution in [0.5, 0.6) is 0 Å². The summed E-state index contributed by atoms with van der Waals surface area (Å²) in [4.78, 5) is 3.70. The quantitative estimate of drug-likeness (QED) is 0.525. The Hall–Kier alpha value is -2.43. The molecule has 1 aliphatic rings. The highest BCUT2D eigenvalue weighted by molar-refractivity contribution is 5.38. The Morgan fingerprint density at radius 1 is 1.28 bits per heavy atom. The van der Waals surface area contributed by atoms with E-state index in [1.807, 2.05) is 0 Å². The molecular formula is C18H13F4NO2. The summed E-state index contributed by atoms with van der Waals surface area (Å²) in [6, 6.07) is 4.78. The van der Waals surface area contributed by atoms with Crippen LogP contribution in [-0.2, 0) is 16.3 Å². The van der Waals surface area contributed by atoms with Gasteiger partial charge in [-0.25, -0.2) is 8.78 Å². The Kier molecular flexibility index (Phi) is 4.27. The number of aliphatic hydroxyl groups is 1. The van der Waals surface area contributed by atoms with Crippen molar-refractivity contribution in [3.63, 3.8) is 0 Å². The number of alkyl halides is 2. The molecule has 0 radical (unpaired) electrons. The van der Waals surface area contributed by atoms with Gasteiger partial charge < -0.3 is 9.84 Å². The second-order valence-electron chi connectivity index (χ2n) is 5.69. The van der Waals surface area contributed by atoms with E-state index in [0.717, 1.165) is 24.4 Å². The maximum atomic E-state index is 14.9. The molecular weight excluding hydrogens is 338 g/mol. The molecule has 0 spiro atoms. The lowest BCUT2D eigenvalue weighted by molar-refractivity contribution is -0.0901. The van der Waals surface area contributed by atoms with Crippen LogP contribution >= 0.6 is 0 Å². The van der Waals surface area contributed by atoms with Crippen molar-refractivity contribution in [3.05, 3.63) is 65.0 Å². The van der Waals surface area contributed by atoms with Crippen LogP contribution in [0.4, 0.5) is 17.6 Å². The minimum Gasteiger partial charge on any atom is -0.381 e. The predicted octanol–water partition coefficient (Wildman–Crippen LogP) is 3.11. The minimum absolute atomic E-state index is 0.346. The number of aromatic nitrogens is 1. The molecule has 130 valence electrons. The smallest absolute Gasteiger partial charge is 0.324 e. The maximum Gasteiger partial charge on any atom is 0.324 e. The molecule has 3 nitrogen and oxygen atoms in total. The molecule has 1 aliphatic heterocycles. The summed E-state index contributed by atoms with van der Waals surface area (Å²) >= 11 is 0. The van der Waals surface area contributed by atoms with Gasteiger partial charge in [0.2, 0.25) is 0 Å². The topological polar surface area (TPSA) is 45.6 Å². The molecule has 1 aromatic heterocycles. The first kappa shape index (κ1) is 17.4. The number of rotatable bonds is 3. The molecule has 2 aromatic rings. The number of ether oxygens (including phenoxy) is 1. The molecule has 3 rings (SSSR count). The van der Waals surface area contributed by atoms with Gasteiger partial charge in [0.05, 0.1) is 6.61 Å². The van der Waals surface area contributed by atoms with Crippen molar-refractivity contribution in [1.82, 2.24) is 4.98 Å². The van der Waals surface area contributed by atoms with Crippen molar-refractivity contribution < 1.29 is 27.4 Å². The first-order valence-electron chi connectivity index (χ1n) is 7.40. The standard InChI is InChI=1S/C18H13F4NO2/c1-11(24)2-3-12-4-7-16(23-9-12)18(21,22)17(10-25-17)14-6-5-13(19)8-15(14)20/h4-9,11,24H,10H2,1H3/t11?,17-/m0/s1. The Balaban J connectivity index is 1.95. The van der Waals surface area contributed by atoms with Crippen LogP contribution in [0.15, 0.2) is 36.5 Å². The zero-order valence-corrected chi connectivity index (χ0v) is 13.1. The van der Waals surface area contributed by atoms with E-state index in [1.54, 1.807) is 0 Å². The van der Waals surface area contributed by atoms with Gasteiger partial charge in [-0.2, -0.15) is 8.78 Å². The highest BCUT2D eigenvalue weighted by Gasteiger charge is 2.68. The van der Waals surface area contributed by atoms with E-state index >= 15 is 0 Å². The molecule has 0 saturated carbocycles. The van der Waals surface area contributed by atoms with E-state index in [-0.39, 0.29) is 0 Å². The van der Waals surface area contributed by atoms with Crippen LogP contribution < -0.4 is 0 Å². The molecule has 2 atom stereocenters. The fourth-order valence-electron chi connectivity index (χ4n) is 2.44. The average molecular weight is 351 g/mol. The second-order valence-corrected chi connectivity index (χ2v) is 5.69. The minimum atomic E-state index is -3.62. The lowest BCUT2D eigenvalue weighted by Crippen LogP contribution is -2.34. The molecule has 1 N–H and O–H groups in total. The SMILES string of the molecule is CC(O)C#Cc1ccc(C(F)(F)[C@@]2(c3ccc(F)cc3F)CO2)nc1. The van der Waals surface area contributed by atoms with E-state index in [4.69, 9.17) is 9.84 Å². The molecule has 1 aromatic carbocycles. The Labute approximate surface area is 141 Å². The molecule has 7 heteroatoms. The van der Waals surface area contributed by atoms with Crippen molar-refractivity contribution >= 4 is 0 Å². The van der Waals surface area contributed by atoms with Crippen molar-refractivity contribution in [1.29, 1.82) is 0 Å². The summed E-state index contributed by atoms with van der Waals surface area (Å²) in [6.07, 6.45) is 0.279. The lowest BCUT2D eigenvalue weighted by Gasteiger charge is -2.24. The summed E-state index contributed by atoms with van der Waals surface area (Å²) in [5, 5.41) is 9.09. The summed E-state index contributed by atoms with van der Waals surface area (Å²) in [5.41, 5.74) is -2.89. The molecule has 1 unspecified atom stereocenters. The average Bonchev–Trinajstić information content (AvgIpc) is 3.35. The van der Waals surface area contributed by atoms with Crippen molar-refractivity contribution in [3.8, 4) is 11.8 Å². The van der Waals surface area contributed by atoms with Gasteiger partial charge in [0.1, 0.15) is 23.4 Å². The van der Waals surface area contributed by atoms with E-state index in [9.17, 15) is 17.6 Å². The molecule has 0 aliphatic carbocycles. The van der Waals surface area contributed by atoms with Crippen LogP contribution in [0.2, 0.25) is 0 Å². The first-order valence-corrected chi connectivity index (χ1v) is 7.40. The third kappa shape index (κ3) is 3.11. The number of aliphatic hydroxyl groups excluding tert-OH is 1. The van der Waals surface area contributed by atoms with Gasteiger partial charge >= 0.3 is 5.92 Å². The first-order chi connectivity index (χ1) is 11.8. The number of hydrogen-bond acceptors (Lipinski definition) is 3. The maximum absolute atomic E-state index is 14.9. The van der Waals surface area contributed by atoms with E-state index in [0.29, 0.717) is 11.6 Å². The summed E-state index contributed by atoms with van der Waals surface area (Å²) in [5.74, 6) is -0.532. The Morgan fingerprint density at radius 2 is 2.00 bits per heavy atom. The van der Waals surface area contributed by atoms with Crippen molar-refractivity contribution in [2.75, 3.05) is 6.61 Å². The highest BCUT2D eigenvalue weighted by atomic mass is 19.3. The van der Waals surface area contributed by atoms with Gasteiger partial charge in [-0.15, -0.1) is 0 Å². The van der Waals surface area contributed by atoms with Crippen LogP contribution in [0, 0.1) is 23.5 Å². The van der Waals surface area contributed by atoms with Crippen LogP contribution in [0.3, 0.4) is 0 Å². The molecule has 25 heavy (non-hydrogen) atoms. The molecule has 1 saturated heterocycles. The number of pyridine rings is 1. The zero-order valence-electron chi connectivity index (χ0n) is 13.1. The summed E-state index contributed by atoms with van der Waals surface area (Å²) < 4.78 is 61.7. The fourth-order valence-corrected chi connectivity index (χ4v) is 2.44. The zero-order chi connectivity index (χ0) is 18.2. The van der Waals surface area contributed by atoms with Crippen molar-refractivity contribution in [2.45, 2.75) is 24.6 Å². The fraction of sp³-hybridized carbons (Fsp3) is 0.278. The normalized spacial score (nSPS) is 20.6. The Morgan fingerprint density at radius 3 is 2.52 bits per heavy atom. The van der Waals surface area contributed by atoms with Crippen LogP contribution in [0.25, 0.3) is 0 Å². The lowest BCUT2D eigenvalue weighted by atomic mass is 9.90. The summed E-state index contributed by atoms with van der Waals surface area (Å²) in [6.45, 7) is 1.06. The van der Waals surface area contributed by atoms with Gasteiger partial charge in [0, 0.05) is 23.4 Å². The van der Waals surface area contributed by atoms with E-state index in [1.165, 1.54) is 13.0 Å². The molecule has 1 fully saturated rings. The number of halogens is 4. The number of nitrogens with zero attached hydrogens (tertiary/aromatic N) is 1. The van der Waals surface area contributed by atoms with E-state index in [2.05, 4.69) is 16.8 Å². The third-order valence-electron chi connectivity index (χ3n) is 3.82. The van der Waals surface area contributed by atoms with Gasteiger partial charge in [-0.1, -0.05) is 11.8 Å². The van der Waals surface area contributed by atoms with Crippen LogP contribution in [0.1, 0.15) is 23.7 Å². The van der Waals surface area contributed by atoms with E-state index < -0.39 is 47.1 Å². The van der Waals surface area contributed by atoms with Gasteiger partial charge in [-0.3, -0.25) is 4.98 Å². The highest BCUT2D eigenvalue weighted by Crippen LogP contribution is 2.56. The third-order valence-corrected chi connectivity index (χ3v) is 3.82. The van der Waals surface area contributed by atoms with Gasteiger partial charge in [0.15, 0.2) is 5.60 Å². The monoisotopic (exact) mass is 351 g/mol.